The van der Waals surface area contributed by atoms with Gasteiger partial charge in [0.1, 0.15) is 5.69 Å². The number of nitro groups is 1. The highest BCUT2D eigenvalue weighted by Crippen LogP contribution is 2.31. The molecule has 1 aliphatic heterocycles. The SMILES string of the molecule is C[C@H]1CCCN(S(=O)(=O)c2ccc(NCc3cccnc3)c([N+](=O)[O-])c2)C1. The summed E-state index contributed by atoms with van der Waals surface area (Å²) in [6.07, 6.45) is 5.10. The number of nitrogens with one attached hydrogen (secondary N) is 1. The number of rotatable bonds is 6. The van der Waals surface area contributed by atoms with E-state index in [0.717, 1.165) is 24.5 Å². The lowest BCUT2D eigenvalue weighted by atomic mass is 10.0. The fourth-order valence-electron chi connectivity index (χ4n) is 3.19. The fraction of sp³-hybridized carbons (Fsp3) is 0.389. The number of anilines is 1. The predicted molar refractivity (Wildman–Crippen MR) is 102 cm³/mol. The zero-order valence-electron chi connectivity index (χ0n) is 15.0. The van der Waals surface area contributed by atoms with Gasteiger partial charge in [0.15, 0.2) is 0 Å². The van der Waals surface area contributed by atoms with E-state index < -0.39 is 14.9 Å². The van der Waals surface area contributed by atoms with Crippen molar-refractivity contribution in [2.75, 3.05) is 18.4 Å². The molecule has 2 heterocycles. The van der Waals surface area contributed by atoms with Crippen molar-refractivity contribution in [3.05, 3.63) is 58.4 Å². The van der Waals surface area contributed by atoms with Crippen molar-refractivity contribution in [3.63, 3.8) is 0 Å². The van der Waals surface area contributed by atoms with E-state index in [0.29, 0.717) is 19.6 Å². The van der Waals surface area contributed by atoms with Crippen molar-refractivity contribution < 1.29 is 13.3 Å². The largest absolute Gasteiger partial charge is 0.375 e. The summed E-state index contributed by atoms with van der Waals surface area (Å²) in [5, 5.41) is 14.5. The minimum absolute atomic E-state index is 0.0461. The van der Waals surface area contributed by atoms with Crippen molar-refractivity contribution in [3.8, 4) is 0 Å². The third kappa shape index (κ3) is 4.42. The molecule has 144 valence electrons. The Labute approximate surface area is 158 Å². The molecule has 0 unspecified atom stereocenters. The highest BCUT2D eigenvalue weighted by Gasteiger charge is 2.30. The maximum absolute atomic E-state index is 12.9. The number of sulfonamides is 1. The number of hydrogen-bond acceptors (Lipinski definition) is 6. The second-order valence-electron chi connectivity index (χ2n) is 6.76. The molecule has 8 nitrogen and oxygen atoms in total. The van der Waals surface area contributed by atoms with E-state index in [-0.39, 0.29) is 22.2 Å². The van der Waals surface area contributed by atoms with Gasteiger partial charge in [0.2, 0.25) is 10.0 Å². The average molecular weight is 390 g/mol. The molecule has 2 aromatic rings. The van der Waals surface area contributed by atoms with Crippen LogP contribution in [0, 0.1) is 16.0 Å². The first kappa shape index (κ1) is 19.2. The number of hydrogen-bond donors (Lipinski definition) is 1. The Balaban J connectivity index is 1.85. The van der Waals surface area contributed by atoms with Crippen molar-refractivity contribution in [2.45, 2.75) is 31.2 Å². The lowest BCUT2D eigenvalue weighted by Crippen LogP contribution is -2.39. The average Bonchev–Trinajstić information content (AvgIpc) is 2.67. The van der Waals surface area contributed by atoms with Crippen molar-refractivity contribution >= 4 is 21.4 Å². The molecule has 1 atom stereocenters. The third-order valence-corrected chi connectivity index (χ3v) is 6.49. The van der Waals surface area contributed by atoms with Crippen LogP contribution < -0.4 is 5.32 Å². The highest BCUT2D eigenvalue weighted by molar-refractivity contribution is 7.89. The fourth-order valence-corrected chi connectivity index (χ4v) is 4.81. The second-order valence-corrected chi connectivity index (χ2v) is 8.70. The number of piperidine rings is 1. The summed E-state index contributed by atoms with van der Waals surface area (Å²) >= 11 is 0. The Morgan fingerprint density at radius 2 is 2.19 bits per heavy atom. The van der Waals surface area contributed by atoms with Crippen LogP contribution in [0.25, 0.3) is 0 Å². The van der Waals surface area contributed by atoms with E-state index in [2.05, 4.69) is 10.3 Å². The molecule has 1 fully saturated rings. The molecule has 1 aliphatic rings. The van der Waals surface area contributed by atoms with E-state index >= 15 is 0 Å². The Morgan fingerprint density at radius 3 is 2.85 bits per heavy atom. The van der Waals surface area contributed by atoms with Gasteiger partial charge in [-0.3, -0.25) is 15.1 Å². The van der Waals surface area contributed by atoms with Gasteiger partial charge in [-0.25, -0.2) is 8.42 Å². The number of benzene rings is 1. The number of aromatic nitrogens is 1. The highest BCUT2D eigenvalue weighted by atomic mass is 32.2. The third-order valence-electron chi connectivity index (χ3n) is 4.63. The lowest BCUT2D eigenvalue weighted by molar-refractivity contribution is -0.384. The standard InChI is InChI=1S/C18H22N4O4S/c1-14-4-3-9-21(13-14)27(25,26)16-6-7-17(18(10-16)22(23)24)20-12-15-5-2-8-19-11-15/h2,5-8,10-11,14,20H,3-4,9,12-13H2,1H3/t14-/m0/s1. The van der Waals surface area contributed by atoms with E-state index in [9.17, 15) is 18.5 Å². The topological polar surface area (TPSA) is 105 Å². The molecule has 1 N–H and O–H groups in total. The predicted octanol–water partition coefficient (Wildman–Crippen LogP) is 3.02. The van der Waals surface area contributed by atoms with E-state index in [1.54, 1.807) is 18.5 Å². The second kappa shape index (κ2) is 8.01. The Morgan fingerprint density at radius 1 is 1.37 bits per heavy atom. The molecule has 0 saturated carbocycles. The van der Waals surface area contributed by atoms with Gasteiger partial charge >= 0.3 is 0 Å². The van der Waals surface area contributed by atoms with Crippen LogP contribution in [0.1, 0.15) is 25.3 Å². The van der Waals surface area contributed by atoms with Gasteiger partial charge in [-0.05, 0) is 42.5 Å². The molecule has 1 saturated heterocycles. The first-order valence-corrected chi connectivity index (χ1v) is 10.2. The van der Waals surface area contributed by atoms with Crippen LogP contribution in [-0.2, 0) is 16.6 Å². The Bertz CT molecular complexity index is 918. The quantitative estimate of drug-likeness (QED) is 0.600. The summed E-state index contributed by atoms with van der Waals surface area (Å²) in [5.41, 5.74) is 0.880. The minimum atomic E-state index is -3.74. The van der Waals surface area contributed by atoms with Crippen LogP contribution in [0.4, 0.5) is 11.4 Å². The summed E-state index contributed by atoms with van der Waals surface area (Å²) < 4.78 is 27.2. The van der Waals surface area contributed by atoms with Crippen LogP contribution in [0.5, 0.6) is 0 Å². The maximum Gasteiger partial charge on any atom is 0.293 e. The van der Waals surface area contributed by atoms with Crippen molar-refractivity contribution in [1.29, 1.82) is 0 Å². The van der Waals surface area contributed by atoms with Gasteiger partial charge in [-0.1, -0.05) is 13.0 Å². The summed E-state index contributed by atoms with van der Waals surface area (Å²) in [6, 6.07) is 7.64. The molecule has 27 heavy (non-hydrogen) atoms. The summed E-state index contributed by atoms with van der Waals surface area (Å²) in [7, 11) is -3.74. The van der Waals surface area contributed by atoms with Gasteiger partial charge in [-0.2, -0.15) is 4.31 Å². The van der Waals surface area contributed by atoms with Crippen LogP contribution >= 0.6 is 0 Å². The summed E-state index contributed by atoms with van der Waals surface area (Å²) in [5.74, 6) is 0.281. The monoisotopic (exact) mass is 390 g/mol. The lowest BCUT2D eigenvalue weighted by Gasteiger charge is -2.30. The molecule has 0 radical (unpaired) electrons. The smallest absolute Gasteiger partial charge is 0.293 e. The summed E-state index contributed by atoms with van der Waals surface area (Å²) in [6.45, 7) is 3.25. The van der Waals surface area contributed by atoms with Crippen LogP contribution in [0.2, 0.25) is 0 Å². The Hall–Kier alpha value is -2.52. The summed E-state index contributed by atoms with van der Waals surface area (Å²) in [4.78, 5) is 14.9. The molecular formula is C18H22N4O4S. The van der Waals surface area contributed by atoms with Crippen LogP contribution in [0.15, 0.2) is 47.6 Å². The number of pyridine rings is 1. The van der Waals surface area contributed by atoms with Gasteiger partial charge < -0.3 is 5.32 Å². The van der Waals surface area contributed by atoms with Gasteiger partial charge in [-0.15, -0.1) is 0 Å². The van der Waals surface area contributed by atoms with Crippen molar-refractivity contribution in [1.82, 2.24) is 9.29 Å². The van der Waals surface area contributed by atoms with Crippen LogP contribution in [0.3, 0.4) is 0 Å². The number of nitrogens with zero attached hydrogens (tertiary/aromatic N) is 3. The molecule has 0 aliphatic carbocycles. The zero-order chi connectivity index (χ0) is 19.4. The maximum atomic E-state index is 12.9. The molecule has 0 spiro atoms. The molecule has 1 aromatic carbocycles. The molecule has 1 aromatic heterocycles. The molecule has 0 bridgehead atoms. The first-order chi connectivity index (χ1) is 12.9. The van der Waals surface area contributed by atoms with Gasteiger partial charge in [0.05, 0.1) is 9.82 Å². The van der Waals surface area contributed by atoms with Crippen molar-refractivity contribution in [2.24, 2.45) is 5.92 Å². The zero-order valence-corrected chi connectivity index (χ0v) is 15.9. The van der Waals surface area contributed by atoms with Gasteiger partial charge in [0.25, 0.3) is 5.69 Å². The molecule has 3 rings (SSSR count). The van der Waals surface area contributed by atoms with E-state index in [1.165, 1.54) is 16.4 Å². The molecule has 0 amide bonds. The Kier molecular flexibility index (Phi) is 5.71. The molecule has 9 heteroatoms. The van der Waals surface area contributed by atoms with E-state index in [4.69, 9.17) is 0 Å². The normalized spacial score (nSPS) is 18.2. The number of nitro benzene ring substituents is 1. The first-order valence-electron chi connectivity index (χ1n) is 8.79. The van der Waals surface area contributed by atoms with Gasteiger partial charge in [0, 0.05) is 38.1 Å². The minimum Gasteiger partial charge on any atom is -0.375 e. The van der Waals surface area contributed by atoms with E-state index in [1.807, 2.05) is 13.0 Å². The van der Waals surface area contributed by atoms with Crippen LogP contribution in [-0.4, -0.2) is 35.7 Å². The molecular weight excluding hydrogens is 368 g/mol.